The maximum absolute atomic E-state index is 12.2. The number of nitrogens with two attached hydrogens (primary N) is 1. The lowest BCUT2D eigenvalue weighted by Gasteiger charge is -2.15. The third-order valence-corrected chi connectivity index (χ3v) is 4.34. The number of hydrogen-bond acceptors (Lipinski definition) is 3. The smallest absolute Gasteiger partial charge is 0.228 e. The van der Waals surface area contributed by atoms with Crippen molar-refractivity contribution in [1.29, 1.82) is 0 Å². The highest BCUT2D eigenvalue weighted by Crippen LogP contribution is 2.21. The van der Waals surface area contributed by atoms with Gasteiger partial charge in [0.15, 0.2) is 0 Å². The molecule has 0 saturated carbocycles. The lowest BCUT2D eigenvalue weighted by atomic mass is 9.98. The van der Waals surface area contributed by atoms with Crippen molar-refractivity contribution in [1.82, 2.24) is 5.32 Å². The SMILES string of the molecule is Cl.NCC(C(=O)NCCc1ccc(Cl)s1)c1ccccc1. The van der Waals surface area contributed by atoms with Crippen LogP contribution >= 0.6 is 35.3 Å². The van der Waals surface area contributed by atoms with Gasteiger partial charge in [-0.05, 0) is 24.1 Å². The van der Waals surface area contributed by atoms with Crippen molar-refractivity contribution in [3.8, 4) is 0 Å². The Kier molecular flexibility index (Phi) is 7.75. The van der Waals surface area contributed by atoms with E-state index < -0.39 is 0 Å². The van der Waals surface area contributed by atoms with E-state index in [-0.39, 0.29) is 24.2 Å². The third-order valence-electron chi connectivity index (χ3n) is 3.05. The van der Waals surface area contributed by atoms with Gasteiger partial charge in [-0.15, -0.1) is 23.7 Å². The molecule has 2 aromatic rings. The van der Waals surface area contributed by atoms with Crippen molar-refractivity contribution in [2.75, 3.05) is 13.1 Å². The zero-order valence-corrected chi connectivity index (χ0v) is 13.8. The predicted octanol–water partition coefficient (Wildman–Crippen LogP) is 3.22. The maximum atomic E-state index is 12.2. The molecule has 1 aromatic heterocycles. The standard InChI is InChI=1S/C15H17ClN2OS.ClH/c16-14-7-6-12(20-14)8-9-18-15(19)13(10-17)11-4-2-1-3-5-11;/h1-7,13H,8-10,17H2,(H,18,19);1H. The Balaban J connectivity index is 0.00000220. The van der Waals surface area contributed by atoms with E-state index in [9.17, 15) is 4.79 Å². The van der Waals surface area contributed by atoms with Gasteiger partial charge in [0.25, 0.3) is 0 Å². The van der Waals surface area contributed by atoms with Crippen LogP contribution in [-0.4, -0.2) is 19.0 Å². The number of halogens is 2. The molecule has 2 rings (SSSR count). The molecule has 0 saturated heterocycles. The molecular weight excluding hydrogens is 327 g/mol. The average Bonchev–Trinajstić information content (AvgIpc) is 2.86. The normalized spacial score (nSPS) is 11.5. The average molecular weight is 345 g/mol. The monoisotopic (exact) mass is 344 g/mol. The molecule has 1 atom stereocenters. The van der Waals surface area contributed by atoms with E-state index in [1.807, 2.05) is 42.5 Å². The van der Waals surface area contributed by atoms with Crippen LogP contribution < -0.4 is 11.1 Å². The number of benzene rings is 1. The minimum Gasteiger partial charge on any atom is -0.355 e. The van der Waals surface area contributed by atoms with E-state index in [1.54, 1.807) is 0 Å². The number of thiophene rings is 1. The Bertz CT molecular complexity index is 560. The van der Waals surface area contributed by atoms with Gasteiger partial charge in [-0.2, -0.15) is 0 Å². The first-order valence-electron chi connectivity index (χ1n) is 6.47. The molecule has 1 unspecified atom stereocenters. The predicted molar refractivity (Wildman–Crippen MR) is 91.5 cm³/mol. The summed E-state index contributed by atoms with van der Waals surface area (Å²) in [6.07, 6.45) is 0.787. The highest BCUT2D eigenvalue weighted by Gasteiger charge is 2.18. The first-order valence-corrected chi connectivity index (χ1v) is 7.67. The first-order chi connectivity index (χ1) is 9.70. The second kappa shape index (κ2) is 9.05. The van der Waals surface area contributed by atoms with E-state index in [0.29, 0.717) is 13.1 Å². The van der Waals surface area contributed by atoms with E-state index in [0.717, 1.165) is 16.3 Å². The minimum atomic E-state index is -0.289. The molecule has 1 amide bonds. The number of rotatable bonds is 6. The van der Waals surface area contributed by atoms with Gasteiger partial charge in [0.05, 0.1) is 10.3 Å². The molecule has 0 aliphatic rings. The second-order valence-electron chi connectivity index (χ2n) is 4.45. The largest absolute Gasteiger partial charge is 0.355 e. The molecule has 0 aliphatic carbocycles. The highest BCUT2D eigenvalue weighted by atomic mass is 35.5. The van der Waals surface area contributed by atoms with Crippen molar-refractivity contribution in [3.05, 3.63) is 57.2 Å². The van der Waals surface area contributed by atoms with Crippen LogP contribution in [0.5, 0.6) is 0 Å². The summed E-state index contributed by atoms with van der Waals surface area (Å²) >= 11 is 7.41. The van der Waals surface area contributed by atoms with Gasteiger partial charge < -0.3 is 11.1 Å². The molecule has 1 aromatic carbocycles. The summed E-state index contributed by atoms with van der Waals surface area (Å²) in [5.41, 5.74) is 6.67. The quantitative estimate of drug-likeness (QED) is 0.845. The summed E-state index contributed by atoms with van der Waals surface area (Å²) in [5, 5.41) is 2.93. The lowest BCUT2D eigenvalue weighted by Crippen LogP contribution is -2.34. The van der Waals surface area contributed by atoms with Gasteiger partial charge in [-0.25, -0.2) is 0 Å². The fraction of sp³-hybridized carbons (Fsp3) is 0.267. The number of carbonyl (C=O) groups excluding carboxylic acids is 1. The molecule has 3 N–H and O–H groups in total. The summed E-state index contributed by atoms with van der Waals surface area (Å²) < 4.78 is 0.774. The zero-order chi connectivity index (χ0) is 14.4. The number of amides is 1. The number of hydrogen-bond donors (Lipinski definition) is 2. The summed E-state index contributed by atoms with van der Waals surface area (Å²) in [5.74, 6) is -0.315. The minimum absolute atomic E-state index is 0. The van der Waals surface area contributed by atoms with Crippen LogP contribution in [0.1, 0.15) is 16.4 Å². The van der Waals surface area contributed by atoms with Crippen molar-refractivity contribution in [2.45, 2.75) is 12.3 Å². The lowest BCUT2D eigenvalue weighted by molar-refractivity contribution is -0.122. The van der Waals surface area contributed by atoms with Gasteiger partial charge in [-0.1, -0.05) is 41.9 Å². The maximum Gasteiger partial charge on any atom is 0.228 e. The Morgan fingerprint density at radius 2 is 1.95 bits per heavy atom. The van der Waals surface area contributed by atoms with Crippen molar-refractivity contribution < 1.29 is 4.79 Å². The fourth-order valence-electron chi connectivity index (χ4n) is 2.00. The molecule has 21 heavy (non-hydrogen) atoms. The van der Waals surface area contributed by atoms with E-state index in [4.69, 9.17) is 17.3 Å². The highest BCUT2D eigenvalue weighted by molar-refractivity contribution is 7.16. The second-order valence-corrected chi connectivity index (χ2v) is 6.25. The van der Waals surface area contributed by atoms with Crippen molar-refractivity contribution in [2.24, 2.45) is 5.73 Å². The Morgan fingerprint density at radius 1 is 1.24 bits per heavy atom. The van der Waals surface area contributed by atoms with E-state index in [2.05, 4.69) is 5.32 Å². The summed E-state index contributed by atoms with van der Waals surface area (Å²) in [6.45, 7) is 0.902. The van der Waals surface area contributed by atoms with E-state index in [1.165, 1.54) is 16.2 Å². The zero-order valence-electron chi connectivity index (χ0n) is 11.4. The molecule has 3 nitrogen and oxygen atoms in total. The van der Waals surface area contributed by atoms with Crippen LogP contribution in [0.25, 0.3) is 0 Å². The van der Waals surface area contributed by atoms with Gasteiger partial charge >= 0.3 is 0 Å². The van der Waals surface area contributed by atoms with Crippen molar-refractivity contribution >= 4 is 41.3 Å². The van der Waals surface area contributed by atoms with Crippen molar-refractivity contribution in [3.63, 3.8) is 0 Å². The molecule has 1 heterocycles. The molecule has 6 heteroatoms. The Hall–Kier alpha value is -1.07. The van der Waals surface area contributed by atoms with Gasteiger partial charge in [0, 0.05) is 18.0 Å². The molecule has 114 valence electrons. The van der Waals surface area contributed by atoms with Crippen LogP contribution in [0.2, 0.25) is 4.34 Å². The molecular formula is C15H18Cl2N2OS. The van der Waals surface area contributed by atoms with Crippen LogP contribution in [0, 0.1) is 0 Å². The summed E-state index contributed by atoms with van der Waals surface area (Å²) in [6, 6.07) is 13.5. The van der Waals surface area contributed by atoms with Gasteiger partial charge in [0.2, 0.25) is 5.91 Å². The molecule has 0 fully saturated rings. The molecule has 0 aliphatic heterocycles. The van der Waals surface area contributed by atoms with Crippen LogP contribution in [0.3, 0.4) is 0 Å². The first kappa shape index (κ1) is 18.0. The topological polar surface area (TPSA) is 55.1 Å². The third kappa shape index (κ3) is 5.32. The van der Waals surface area contributed by atoms with Crippen LogP contribution in [-0.2, 0) is 11.2 Å². The Morgan fingerprint density at radius 3 is 2.52 bits per heavy atom. The van der Waals surface area contributed by atoms with Gasteiger partial charge in [-0.3, -0.25) is 4.79 Å². The van der Waals surface area contributed by atoms with Gasteiger partial charge in [0.1, 0.15) is 0 Å². The number of carbonyl (C=O) groups is 1. The van der Waals surface area contributed by atoms with Crippen LogP contribution in [0.4, 0.5) is 0 Å². The Labute approximate surface area is 139 Å². The number of nitrogens with one attached hydrogen (secondary N) is 1. The fourth-order valence-corrected chi connectivity index (χ4v) is 3.09. The summed E-state index contributed by atoms with van der Waals surface area (Å²) in [7, 11) is 0. The van der Waals surface area contributed by atoms with E-state index >= 15 is 0 Å². The van der Waals surface area contributed by atoms with Crippen LogP contribution in [0.15, 0.2) is 42.5 Å². The molecule has 0 radical (unpaired) electrons. The summed E-state index contributed by atoms with van der Waals surface area (Å²) in [4.78, 5) is 13.3. The molecule has 0 spiro atoms. The molecule has 0 bridgehead atoms.